The van der Waals surface area contributed by atoms with Gasteiger partial charge in [0.25, 0.3) is 0 Å². The smallest absolute Gasteiger partial charge is 0.159 e. The van der Waals surface area contributed by atoms with Crippen LogP contribution in [0, 0.1) is 11.6 Å². The van der Waals surface area contributed by atoms with Crippen LogP contribution >= 0.6 is 24.8 Å². The van der Waals surface area contributed by atoms with E-state index in [4.69, 9.17) is 0 Å². The van der Waals surface area contributed by atoms with Crippen LogP contribution in [0.25, 0.3) is 0 Å². The molecule has 1 fully saturated rings. The van der Waals surface area contributed by atoms with Gasteiger partial charge in [-0.3, -0.25) is 4.90 Å². The van der Waals surface area contributed by atoms with E-state index >= 15 is 0 Å². The van der Waals surface area contributed by atoms with Crippen molar-refractivity contribution in [1.82, 2.24) is 10.2 Å². The van der Waals surface area contributed by atoms with Gasteiger partial charge in [-0.15, -0.1) is 24.8 Å². The molecule has 20 heavy (non-hydrogen) atoms. The normalized spacial score (nSPS) is 16.9. The van der Waals surface area contributed by atoms with Crippen molar-refractivity contribution in [2.75, 3.05) is 26.2 Å². The number of piperazine rings is 1. The lowest BCUT2D eigenvalue weighted by atomic mass is 9.99. The molecule has 0 amide bonds. The van der Waals surface area contributed by atoms with Crippen LogP contribution in [0.1, 0.15) is 31.4 Å². The minimum atomic E-state index is -0.769. The molecule has 6 heteroatoms. The molecule has 1 aromatic carbocycles. The van der Waals surface area contributed by atoms with Gasteiger partial charge in [-0.2, -0.15) is 0 Å². The van der Waals surface area contributed by atoms with Crippen molar-refractivity contribution in [3.63, 3.8) is 0 Å². The first kappa shape index (κ1) is 19.6. The minimum Gasteiger partial charge on any atom is -0.314 e. The summed E-state index contributed by atoms with van der Waals surface area (Å²) in [7, 11) is 0. The monoisotopic (exact) mass is 326 g/mol. The highest BCUT2D eigenvalue weighted by atomic mass is 35.5. The lowest BCUT2D eigenvalue weighted by molar-refractivity contribution is 0.164. The summed E-state index contributed by atoms with van der Waals surface area (Å²) in [4.78, 5) is 2.35. The molecule has 0 aromatic heterocycles. The first-order valence-corrected chi connectivity index (χ1v) is 6.62. The third-order valence-electron chi connectivity index (χ3n) is 3.48. The fourth-order valence-corrected chi connectivity index (χ4v) is 2.55. The Balaban J connectivity index is 0.00000180. The number of hydrogen-bond donors (Lipinski definition) is 1. The molecule has 1 aliphatic rings. The van der Waals surface area contributed by atoms with Crippen LogP contribution in [-0.2, 0) is 0 Å². The first-order chi connectivity index (χ1) is 8.72. The van der Waals surface area contributed by atoms with Gasteiger partial charge >= 0.3 is 0 Å². The molecule has 1 saturated heterocycles. The van der Waals surface area contributed by atoms with Crippen molar-refractivity contribution in [3.8, 4) is 0 Å². The maximum Gasteiger partial charge on any atom is 0.159 e. The van der Waals surface area contributed by atoms with Crippen LogP contribution in [0.15, 0.2) is 18.2 Å². The van der Waals surface area contributed by atoms with Gasteiger partial charge < -0.3 is 5.32 Å². The zero-order valence-corrected chi connectivity index (χ0v) is 13.2. The second kappa shape index (κ2) is 9.50. The van der Waals surface area contributed by atoms with Gasteiger partial charge in [-0.25, -0.2) is 8.78 Å². The molecule has 1 aliphatic heterocycles. The summed E-state index contributed by atoms with van der Waals surface area (Å²) >= 11 is 0. The van der Waals surface area contributed by atoms with E-state index in [1.807, 2.05) is 0 Å². The van der Waals surface area contributed by atoms with Crippen molar-refractivity contribution in [3.05, 3.63) is 35.4 Å². The number of benzene rings is 1. The Bertz CT molecular complexity index is 399. The average Bonchev–Trinajstić information content (AvgIpc) is 2.40. The molecule has 0 spiro atoms. The quantitative estimate of drug-likeness (QED) is 0.910. The predicted octanol–water partition coefficient (Wildman–Crippen LogP) is 3.55. The molecule has 1 N–H and O–H groups in total. The van der Waals surface area contributed by atoms with Gasteiger partial charge in [-0.1, -0.05) is 19.4 Å². The van der Waals surface area contributed by atoms with Crippen LogP contribution in [0.2, 0.25) is 0 Å². The molecule has 0 bridgehead atoms. The van der Waals surface area contributed by atoms with E-state index in [9.17, 15) is 8.78 Å². The number of halogens is 4. The molecular formula is C14H22Cl2F2N2. The lowest BCUT2D eigenvalue weighted by Gasteiger charge is -2.35. The Kier molecular flexibility index (Phi) is 9.30. The van der Waals surface area contributed by atoms with Gasteiger partial charge in [0.1, 0.15) is 0 Å². The van der Waals surface area contributed by atoms with E-state index in [0.717, 1.165) is 44.6 Å². The topological polar surface area (TPSA) is 15.3 Å². The number of nitrogens with one attached hydrogen (secondary N) is 1. The van der Waals surface area contributed by atoms with Crippen LogP contribution in [0.5, 0.6) is 0 Å². The zero-order chi connectivity index (χ0) is 13.0. The summed E-state index contributed by atoms with van der Waals surface area (Å²) in [6.45, 7) is 5.97. The second-order valence-corrected chi connectivity index (χ2v) is 4.76. The van der Waals surface area contributed by atoms with Gasteiger partial charge in [0.15, 0.2) is 11.6 Å². The standard InChI is InChI=1S/C14H20F2N2.2ClH/c1-2-3-14(18-8-6-17-7-9-18)11-4-5-12(15)13(16)10-11;;/h4-5,10,14,17H,2-3,6-9H2,1H3;2*1H/t14-;;/m0../s1. The molecule has 0 unspecified atom stereocenters. The Morgan fingerprint density at radius 3 is 2.35 bits per heavy atom. The molecule has 0 radical (unpaired) electrons. The second-order valence-electron chi connectivity index (χ2n) is 4.76. The van der Waals surface area contributed by atoms with E-state index in [1.54, 1.807) is 6.07 Å². The predicted molar refractivity (Wildman–Crippen MR) is 82.9 cm³/mol. The Morgan fingerprint density at radius 1 is 1.15 bits per heavy atom. The lowest BCUT2D eigenvalue weighted by Crippen LogP contribution is -2.45. The number of hydrogen-bond acceptors (Lipinski definition) is 2. The van der Waals surface area contributed by atoms with Gasteiger partial charge in [0, 0.05) is 32.2 Å². The summed E-state index contributed by atoms with van der Waals surface area (Å²) in [5.41, 5.74) is 0.887. The van der Waals surface area contributed by atoms with E-state index in [2.05, 4.69) is 17.1 Å². The summed E-state index contributed by atoms with van der Waals surface area (Å²) in [5.74, 6) is -1.52. The molecule has 1 heterocycles. The van der Waals surface area contributed by atoms with Crippen molar-refractivity contribution in [1.29, 1.82) is 0 Å². The van der Waals surface area contributed by atoms with Crippen molar-refractivity contribution in [2.45, 2.75) is 25.8 Å². The average molecular weight is 327 g/mol. The molecule has 0 saturated carbocycles. The maximum atomic E-state index is 13.3. The highest BCUT2D eigenvalue weighted by Crippen LogP contribution is 2.27. The zero-order valence-electron chi connectivity index (χ0n) is 11.6. The molecule has 0 aliphatic carbocycles. The van der Waals surface area contributed by atoms with Crippen LogP contribution in [-0.4, -0.2) is 31.1 Å². The third-order valence-corrected chi connectivity index (χ3v) is 3.48. The van der Waals surface area contributed by atoms with Crippen molar-refractivity contribution >= 4 is 24.8 Å². The number of rotatable bonds is 4. The van der Waals surface area contributed by atoms with Crippen LogP contribution in [0.3, 0.4) is 0 Å². The van der Waals surface area contributed by atoms with E-state index in [-0.39, 0.29) is 30.9 Å². The highest BCUT2D eigenvalue weighted by molar-refractivity contribution is 5.85. The summed E-state index contributed by atoms with van der Waals surface area (Å²) in [5, 5.41) is 3.31. The Labute approximate surface area is 131 Å². The van der Waals surface area contributed by atoms with E-state index in [0.29, 0.717) is 0 Å². The highest BCUT2D eigenvalue weighted by Gasteiger charge is 2.22. The van der Waals surface area contributed by atoms with Crippen molar-refractivity contribution in [2.24, 2.45) is 0 Å². The van der Waals surface area contributed by atoms with Gasteiger partial charge in [0.2, 0.25) is 0 Å². The van der Waals surface area contributed by atoms with Gasteiger partial charge in [0.05, 0.1) is 0 Å². The van der Waals surface area contributed by atoms with Crippen molar-refractivity contribution < 1.29 is 8.78 Å². The molecule has 2 nitrogen and oxygen atoms in total. The third kappa shape index (κ3) is 4.85. The van der Waals surface area contributed by atoms with Gasteiger partial charge in [-0.05, 0) is 24.1 Å². The first-order valence-electron chi connectivity index (χ1n) is 6.62. The molecule has 2 rings (SSSR count). The maximum absolute atomic E-state index is 13.3. The fourth-order valence-electron chi connectivity index (χ4n) is 2.55. The fraction of sp³-hybridized carbons (Fsp3) is 0.571. The SMILES string of the molecule is CCC[C@@H](c1ccc(F)c(F)c1)N1CCNCC1.Cl.Cl. The minimum absolute atomic E-state index is 0. The number of nitrogens with zero attached hydrogens (tertiary/aromatic N) is 1. The molecule has 1 atom stereocenters. The molecular weight excluding hydrogens is 305 g/mol. The largest absolute Gasteiger partial charge is 0.314 e. The van der Waals surface area contributed by atoms with E-state index < -0.39 is 11.6 Å². The summed E-state index contributed by atoms with van der Waals surface area (Å²) in [6, 6.07) is 4.49. The van der Waals surface area contributed by atoms with Crippen LogP contribution < -0.4 is 5.32 Å². The molecule has 116 valence electrons. The summed E-state index contributed by atoms with van der Waals surface area (Å²) < 4.78 is 26.3. The Morgan fingerprint density at radius 2 is 1.80 bits per heavy atom. The van der Waals surface area contributed by atoms with Crippen LogP contribution in [0.4, 0.5) is 8.78 Å². The molecule has 1 aromatic rings. The van der Waals surface area contributed by atoms with E-state index in [1.165, 1.54) is 12.1 Å². The Hall–Kier alpha value is -0.420. The summed E-state index contributed by atoms with van der Waals surface area (Å²) in [6.07, 6.45) is 2.01.